The summed E-state index contributed by atoms with van der Waals surface area (Å²) in [5, 5.41) is 10.6. The molecule has 1 aliphatic heterocycles. The normalized spacial score (nSPS) is 21.6. The Kier molecular flexibility index (Phi) is 4.62. The summed E-state index contributed by atoms with van der Waals surface area (Å²) in [5.74, 6) is 1.66. The zero-order chi connectivity index (χ0) is 13.8. The number of hydrogen-bond acceptors (Lipinski definition) is 2. The Morgan fingerprint density at radius 2 is 1.90 bits per heavy atom. The van der Waals surface area contributed by atoms with Gasteiger partial charge < -0.3 is 9.84 Å². The van der Waals surface area contributed by atoms with Gasteiger partial charge in [0.05, 0.1) is 12.7 Å². The van der Waals surface area contributed by atoms with Gasteiger partial charge in [-0.1, -0.05) is 56.7 Å². The van der Waals surface area contributed by atoms with Gasteiger partial charge in [-0.2, -0.15) is 0 Å². The standard InChI is InChI=1S/C18H26O2/c19-17(13-14-7-3-1-2-4-8-14)16-11-5-9-15-10-6-12-20-18(15)16/h5,9,11,14,17,19H,1-4,6-8,10,12-13H2. The number of para-hydroxylation sites is 1. The first-order chi connectivity index (χ1) is 9.84. The highest BCUT2D eigenvalue weighted by Gasteiger charge is 2.22. The quantitative estimate of drug-likeness (QED) is 0.827. The summed E-state index contributed by atoms with van der Waals surface area (Å²) in [5.41, 5.74) is 2.29. The lowest BCUT2D eigenvalue weighted by Crippen LogP contribution is -2.14. The van der Waals surface area contributed by atoms with E-state index in [1.54, 1.807) is 0 Å². The lowest BCUT2D eigenvalue weighted by atomic mass is 9.89. The SMILES string of the molecule is OC(CC1CCCCCC1)c1cccc2c1OCCC2. The van der Waals surface area contributed by atoms with Crippen molar-refractivity contribution in [2.45, 2.75) is 63.9 Å². The van der Waals surface area contributed by atoms with E-state index in [1.807, 2.05) is 6.07 Å². The first-order valence-corrected chi connectivity index (χ1v) is 8.27. The van der Waals surface area contributed by atoms with Crippen LogP contribution in [0.3, 0.4) is 0 Å². The summed E-state index contributed by atoms with van der Waals surface area (Å²) in [4.78, 5) is 0. The minimum absolute atomic E-state index is 0.355. The molecule has 1 N–H and O–H groups in total. The Labute approximate surface area is 122 Å². The number of aliphatic hydroxyl groups is 1. The molecule has 1 aromatic carbocycles. The van der Waals surface area contributed by atoms with E-state index in [0.29, 0.717) is 5.92 Å². The third-order valence-electron chi connectivity index (χ3n) is 4.85. The maximum Gasteiger partial charge on any atom is 0.128 e. The van der Waals surface area contributed by atoms with Crippen LogP contribution in [-0.4, -0.2) is 11.7 Å². The molecule has 2 aliphatic rings. The second kappa shape index (κ2) is 6.62. The third kappa shape index (κ3) is 3.17. The van der Waals surface area contributed by atoms with Crippen molar-refractivity contribution >= 4 is 0 Å². The van der Waals surface area contributed by atoms with E-state index >= 15 is 0 Å². The largest absolute Gasteiger partial charge is 0.493 e. The maximum atomic E-state index is 10.6. The Bertz CT molecular complexity index is 433. The highest BCUT2D eigenvalue weighted by molar-refractivity contribution is 5.44. The highest BCUT2D eigenvalue weighted by Crippen LogP contribution is 2.37. The molecular formula is C18H26O2. The number of hydrogen-bond donors (Lipinski definition) is 1. The fourth-order valence-electron chi connectivity index (χ4n) is 3.72. The van der Waals surface area contributed by atoms with Gasteiger partial charge in [0.15, 0.2) is 0 Å². The number of aliphatic hydroxyl groups excluding tert-OH is 1. The summed E-state index contributed by atoms with van der Waals surface area (Å²) in [6.07, 6.45) is 10.7. The van der Waals surface area contributed by atoms with Gasteiger partial charge in [0.1, 0.15) is 5.75 Å². The van der Waals surface area contributed by atoms with Crippen molar-refractivity contribution in [1.29, 1.82) is 0 Å². The average molecular weight is 274 g/mol. The zero-order valence-corrected chi connectivity index (χ0v) is 12.3. The van der Waals surface area contributed by atoms with Crippen LogP contribution in [0, 0.1) is 5.92 Å². The highest BCUT2D eigenvalue weighted by atomic mass is 16.5. The molecule has 1 heterocycles. The molecule has 1 aromatic rings. The predicted molar refractivity (Wildman–Crippen MR) is 81.0 cm³/mol. The Hall–Kier alpha value is -1.02. The topological polar surface area (TPSA) is 29.5 Å². The van der Waals surface area contributed by atoms with Crippen LogP contribution in [0.25, 0.3) is 0 Å². The van der Waals surface area contributed by atoms with E-state index in [9.17, 15) is 5.11 Å². The van der Waals surface area contributed by atoms with Gasteiger partial charge in [-0.15, -0.1) is 0 Å². The van der Waals surface area contributed by atoms with Crippen LogP contribution in [0.15, 0.2) is 18.2 Å². The van der Waals surface area contributed by atoms with Crippen molar-refractivity contribution in [1.82, 2.24) is 0 Å². The first kappa shape index (κ1) is 13.9. The zero-order valence-electron chi connectivity index (χ0n) is 12.3. The smallest absolute Gasteiger partial charge is 0.128 e. The van der Waals surface area contributed by atoms with Crippen LogP contribution in [0.5, 0.6) is 5.75 Å². The molecule has 0 aromatic heterocycles. The molecule has 20 heavy (non-hydrogen) atoms. The van der Waals surface area contributed by atoms with Crippen LogP contribution < -0.4 is 4.74 Å². The molecule has 0 saturated heterocycles. The van der Waals surface area contributed by atoms with E-state index in [0.717, 1.165) is 37.2 Å². The fourth-order valence-corrected chi connectivity index (χ4v) is 3.72. The molecule has 1 saturated carbocycles. The molecule has 1 unspecified atom stereocenters. The van der Waals surface area contributed by atoms with Crippen molar-refractivity contribution in [3.63, 3.8) is 0 Å². The van der Waals surface area contributed by atoms with Crippen LogP contribution in [0.4, 0.5) is 0 Å². The molecule has 0 bridgehead atoms. The monoisotopic (exact) mass is 274 g/mol. The van der Waals surface area contributed by atoms with Crippen molar-refractivity contribution in [2.75, 3.05) is 6.61 Å². The summed E-state index contributed by atoms with van der Waals surface area (Å²) in [6.45, 7) is 0.792. The van der Waals surface area contributed by atoms with Crippen LogP contribution in [-0.2, 0) is 6.42 Å². The van der Waals surface area contributed by atoms with E-state index in [4.69, 9.17) is 4.74 Å². The van der Waals surface area contributed by atoms with E-state index in [-0.39, 0.29) is 6.10 Å². The Morgan fingerprint density at radius 3 is 2.70 bits per heavy atom. The second-order valence-corrected chi connectivity index (χ2v) is 6.40. The van der Waals surface area contributed by atoms with Gasteiger partial charge in [-0.25, -0.2) is 0 Å². The molecule has 110 valence electrons. The number of benzene rings is 1. The molecule has 1 aliphatic carbocycles. The molecule has 3 rings (SSSR count). The lowest BCUT2D eigenvalue weighted by molar-refractivity contribution is 0.133. The van der Waals surface area contributed by atoms with Gasteiger partial charge in [0.25, 0.3) is 0 Å². The minimum Gasteiger partial charge on any atom is -0.493 e. The van der Waals surface area contributed by atoms with Gasteiger partial charge >= 0.3 is 0 Å². The van der Waals surface area contributed by atoms with Gasteiger partial charge in [-0.3, -0.25) is 0 Å². The molecule has 0 radical (unpaired) electrons. The number of rotatable bonds is 3. The number of fused-ring (bicyclic) bond motifs is 1. The first-order valence-electron chi connectivity index (χ1n) is 8.27. The molecule has 0 amide bonds. The van der Waals surface area contributed by atoms with Gasteiger partial charge in [0, 0.05) is 5.56 Å². The lowest BCUT2D eigenvalue weighted by Gasteiger charge is -2.24. The van der Waals surface area contributed by atoms with Gasteiger partial charge in [0.2, 0.25) is 0 Å². The van der Waals surface area contributed by atoms with Crippen LogP contribution in [0.1, 0.15) is 68.6 Å². The van der Waals surface area contributed by atoms with E-state index in [1.165, 1.54) is 44.1 Å². The van der Waals surface area contributed by atoms with Crippen molar-refractivity contribution < 1.29 is 9.84 Å². The summed E-state index contributed by atoms with van der Waals surface area (Å²) in [6, 6.07) is 6.25. The molecular weight excluding hydrogens is 248 g/mol. The molecule has 0 spiro atoms. The summed E-state index contributed by atoms with van der Waals surface area (Å²) < 4.78 is 5.83. The minimum atomic E-state index is -0.355. The fraction of sp³-hybridized carbons (Fsp3) is 0.667. The van der Waals surface area contributed by atoms with Crippen LogP contribution >= 0.6 is 0 Å². The van der Waals surface area contributed by atoms with Crippen molar-refractivity contribution in [2.24, 2.45) is 5.92 Å². The third-order valence-corrected chi connectivity index (χ3v) is 4.85. The molecule has 2 heteroatoms. The summed E-state index contributed by atoms with van der Waals surface area (Å²) >= 11 is 0. The van der Waals surface area contributed by atoms with E-state index in [2.05, 4.69) is 12.1 Å². The summed E-state index contributed by atoms with van der Waals surface area (Å²) in [7, 11) is 0. The Morgan fingerprint density at radius 1 is 1.10 bits per heavy atom. The Balaban J connectivity index is 1.71. The maximum absolute atomic E-state index is 10.6. The van der Waals surface area contributed by atoms with Crippen LogP contribution in [0.2, 0.25) is 0 Å². The van der Waals surface area contributed by atoms with E-state index < -0.39 is 0 Å². The molecule has 2 nitrogen and oxygen atoms in total. The van der Waals surface area contributed by atoms with Crippen molar-refractivity contribution in [3.8, 4) is 5.75 Å². The average Bonchev–Trinajstić information content (AvgIpc) is 2.75. The predicted octanol–water partition coefficient (Wildman–Crippen LogP) is 4.41. The second-order valence-electron chi connectivity index (χ2n) is 6.40. The van der Waals surface area contributed by atoms with Crippen molar-refractivity contribution in [3.05, 3.63) is 29.3 Å². The molecule has 1 fully saturated rings. The number of aryl methyl sites for hydroxylation is 1. The van der Waals surface area contributed by atoms with Gasteiger partial charge in [-0.05, 0) is 30.7 Å². The number of ether oxygens (including phenoxy) is 1. The molecule has 1 atom stereocenters.